The number of aryl methyl sites for hydroxylation is 1. The smallest absolute Gasteiger partial charge is 0.256 e. The van der Waals surface area contributed by atoms with Crippen molar-refractivity contribution in [1.29, 1.82) is 0 Å². The van der Waals surface area contributed by atoms with E-state index in [0.717, 1.165) is 17.7 Å². The van der Waals surface area contributed by atoms with E-state index in [4.69, 9.17) is 4.74 Å². The molecule has 0 atom stereocenters. The molecule has 0 fully saturated rings. The van der Waals surface area contributed by atoms with Crippen LogP contribution in [0.15, 0.2) is 72.8 Å². The van der Waals surface area contributed by atoms with Crippen LogP contribution in [0.1, 0.15) is 34.0 Å². The number of hydrogen-bond donors (Lipinski definition) is 1. The zero-order chi connectivity index (χ0) is 19.1. The van der Waals surface area contributed by atoms with Gasteiger partial charge in [0.1, 0.15) is 5.75 Å². The highest BCUT2D eigenvalue weighted by atomic mass is 16.5. The third kappa shape index (κ3) is 4.77. The fourth-order valence-corrected chi connectivity index (χ4v) is 2.63. The summed E-state index contributed by atoms with van der Waals surface area (Å²) in [6.45, 7) is 2.12. The van der Waals surface area contributed by atoms with Crippen molar-refractivity contribution >= 4 is 11.6 Å². The van der Waals surface area contributed by atoms with Gasteiger partial charge in [-0.1, -0.05) is 43.0 Å². The Kier molecular flexibility index (Phi) is 5.91. The van der Waals surface area contributed by atoms with E-state index in [1.807, 2.05) is 30.3 Å². The number of benzene rings is 3. The highest BCUT2D eigenvalue weighted by molar-refractivity contribution is 6.06. The maximum atomic E-state index is 12.7. The van der Waals surface area contributed by atoms with E-state index < -0.39 is 0 Å². The summed E-state index contributed by atoms with van der Waals surface area (Å²) >= 11 is 0. The van der Waals surface area contributed by atoms with Gasteiger partial charge in [0.25, 0.3) is 5.91 Å². The first-order valence-corrected chi connectivity index (χ1v) is 8.85. The number of carbonyl (C=O) groups is 1. The lowest BCUT2D eigenvalue weighted by Gasteiger charge is -2.08. The second-order valence-corrected chi connectivity index (χ2v) is 6.03. The standard InChI is InChI=1S/C24H21NO2/c1-3-18-8-10-19(11-9-18)12-13-20-6-4-5-7-23(20)24(26)25-21-14-16-22(27-2)17-15-21/h4-11,14-17H,3H2,1-2H3,(H,25,26). The number of ether oxygens (including phenoxy) is 1. The van der Waals surface area contributed by atoms with Gasteiger partial charge in [-0.25, -0.2) is 0 Å². The van der Waals surface area contributed by atoms with E-state index in [2.05, 4.69) is 36.2 Å². The quantitative estimate of drug-likeness (QED) is 0.675. The van der Waals surface area contributed by atoms with Crippen molar-refractivity contribution in [1.82, 2.24) is 0 Å². The van der Waals surface area contributed by atoms with Gasteiger partial charge in [-0.15, -0.1) is 0 Å². The van der Waals surface area contributed by atoms with Crippen LogP contribution in [0.4, 0.5) is 5.69 Å². The first-order valence-electron chi connectivity index (χ1n) is 8.85. The summed E-state index contributed by atoms with van der Waals surface area (Å²) in [7, 11) is 1.61. The molecule has 0 saturated carbocycles. The minimum absolute atomic E-state index is 0.189. The van der Waals surface area contributed by atoms with Crippen molar-refractivity contribution in [3.8, 4) is 17.6 Å². The molecule has 0 radical (unpaired) electrons. The maximum absolute atomic E-state index is 12.7. The van der Waals surface area contributed by atoms with Crippen LogP contribution in [-0.4, -0.2) is 13.0 Å². The molecule has 0 spiro atoms. The molecule has 0 aromatic heterocycles. The number of anilines is 1. The van der Waals surface area contributed by atoms with E-state index in [1.165, 1.54) is 5.56 Å². The molecule has 1 amide bonds. The highest BCUT2D eigenvalue weighted by Crippen LogP contribution is 2.17. The third-order valence-corrected chi connectivity index (χ3v) is 4.22. The SMILES string of the molecule is CCc1ccc(C#Cc2ccccc2C(=O)Nc2ccc(OC)cc2)cc1. The topological polar surface area (TPSA) is 38.3 Å². The molecule has 1 N–H and O–H groups in total. The number of hydrogen-bond acceptors (Lipinski definition) is 2. The second-order valence-electron chi connectivity index (χ2n) is 6.03. The van der Waals surface area contributed by atoms with Crippen molar-refractivity contribution in [2.24, 2.45) is 0 Å². The monoisotopic (exact) mass is 355 g/mol. The lowest BCUT2D eigenvalue weighted by atomic mass is 10.1. The summed E-state index contributed by atoms with van der Waals surface area (Å²) in [5.41, 5.74) is 4.16. The molecule has 3 aromatic carbocycles. The minimum atomic E-state index is -0.189. The molecular formula is C24H21NO2. The minimum Gasteiger partial charge on any atom is -0.497 e. The Labute approximate surface area is 160 Å². The van der Waals surface area contributed by atoms with Crippen LogP contribution in [0.3, 0.4) is 0 Å². The highest BCUT2D eigenvalue weighted by Gasteiger charge is 2.10. The fraction of sp³-hybridized carbons (Fsp3) is 0.125. The largest absolute Gasteiger partial charge is 0.497 e. The molecule has 3 aromatic rings. The van der Waals surface area contributed by atoms with Gasteiger partial charge in [0.15, 0.2) is 0 Å². The van der Waals surface area contributed by atoms with Crippen molar-refractivity contribution in [2.75, 3.05) is 12.4 Å². The van der Waals surface area contributed by atoms with Crippen LogP contribution < -0.4 is 10.1 Å². The Morgan fingerprint density at radius 1 is 0.926 bits per heavy atom. The molecule has 27 heavy (non-hydrogen) atoms. The van der Waals surface area contributed by atoms with Crippen LogP contribution in [0, 0.1) is 11.8 Å². The van der Waals surface area contributed by atoms with Crippen molar-refractivity contribution in [3.05, 3.63) is 95.1 Å². The number of rotatable bonds is 4. The van der Waals surface area contributed by atoms with Gasteiger partial charge >= 0.3 is 0 Å². The number of methoxy groups -OCH3 is 1. The predicted molar refractivity (Wildman–Crippen MR) is 109 cm³/mol. The summed E-state index contributed by atoms with van der Waals surface area (Å²) in [5, 5.41) is 2.90. The van der Waals surface area contributed by atoms with Gasteiger partial charge in [0, 0.05) is 16.8 Å². The molecule has 0 unspecified atom stereocenters. The Hall–Kier alpha value is -3.51. The molecule has 3 heteroatoms. The number of carbonyl (C=O) groups excluding carboxylic acids is 1. The molecule has 0 aliphatic heterocycles. The third-order valence-electron chi connectivity index (χ3n) is 4.22. The second kappa shape index (κ2) is 8.73. The summed E-state index contributed by atoms with van der Waals surface area (Å²) in [5.74, 6) is 6.82. The lowest BCUT2D eigenvalue weighted by Crippen LogP contribution is -2.13. The van der Waals surface area contributed by atoms with Gasteiger partial charge in [0.2, 0.25) is 0 Å². The number of nitrogens with one attached hydrogen (secondary N) is 1. The molecular weight excluding hydrogens is 334 g/mol. The normalized spacial score (nSPS) is 9.85. The van der Waals surface area contributed by atoms with Crippen molar-refractivity contribution in [2.45, 2.75) is 13.3 Å². The summed E-state index contributed by atoms with van der Waals surface area (Å²) in [6.07, 6.45) is 1.00. The maximum Gasteiger partial charge on any atom is 0.256 e. The van der Waals surface area contributed by atoms with Crippen LogP contribution >= 0.6 is 0 Å². The molecule has 3 rings (SSSR count). The summed E-state index contributed by atoms with van der Waals surface area (Å²) < 4.78 is 5.14. The van der Waals surface area contributed by atoms with Gasteiger partial charge in [-0.2, -0.15) is 0 Å². The van der Waals surface area contributed by atoms with E-state index in [0.29, 0.717) is 16.8 Å². The zero-order valence-electron chi connectivity index (χ0n) is 15.5. The van der Waals surface area contributed by atoms with E-state index in [-0.39, 0.29) is 5.91 Å². The molecule has 134 valence electrons. The zero-order valence-corrected chi connectivity index (χ0v) is 15.5. The molecule has 0 saturated heterocycles. The molecule has 3 nitrogen and oxygen atoms in total. The van der Waals surface area contributed by atoms with Gasteiger partial charge in [-0.3, -0.25) is 4.79 Å². The first kappa shape index (κ1) is 18.3. The van der Waals surface area contributed by atoms with Crippen LogP contribution in [0.5, 0.6) is 5.75 Å². The van der Waals surface area contributed by atoms with E-state index in [1.54, 1.807) is 37.4 Å². The van der Waals surface area contributed by atoms with Crippen molar-refractivity contribution < 1.29 is 9.53 Å². The average Bonchev–Trinajstić information content (AvgIpc) is 2.73. The van der Waals surface area contributed by atoms with Crippen LogP contribution in [-0.2, 0) is 6.42 Å². The summed E-state index contributed by atoms with van der Waals surface area (Å²) in [4.78, 5) is 12.7. The van der Waals surface area contributed by atoms with Gasteiger partial charge in [0.05, 0.1) is 12.7 Å². The van der Waals surface area contributed by atoms with Crippen LogP contribution in [0.25, 0.3) is 0 Å². The Morgan fingerprint density at radius 3 is 2.30 bits per heavy atom. The summed E-state index contributed by atoms with van der Waals surface area (Å²) in [6, 6.07) is 22.7. The number of amides is 1. The Bertz CT molecular complexity index is 977. The molecule has 0 heterocycles. The molecule has 0 aliphatic carbocycles. The fourth-order valence-electron chi connectivity index (χ4n) is 2.63. The van der Waals surface area contributed by atoms with Crippen LogP contribution in [0.2, 0.25) is 0 Å². The van der Waals surface area contributed by atoms with E-state index >= 15 is 0 Å². The first-order chi connectivity index (χ1) is 13.2. The average molecular weight is 355 g/mol. The van der Waals surface area contributed by atoms with Crippen molar-refractivity contribution in [3.63, 3.8) is 0 Å². The van der Waals surface area contributed by atoms with E-state index in [9.17, 15) is 4.79 Å². The molecule has 0 aliphatic rings. The predicted octanol–water partition coefficient (Wildman–Crippen LogP) is 4.91. The Balaban J connectivity index is 1.80. The Morgan fingerprint density at radius 2 is 1.63 bits per heavy atom. The van der Waals surface area contributed by atoms with Gasteiger partial charge in [-0.05, 0) is 60.5 Å². The lowest BCUT2D eigenvalue weighted by molar-refractivity contribution is 0.102. The van der Waals surface area contributed by atoms with Gasteiger partial charge < -0.3 is 10.1 Å². The molecule has 0 bridgehead atoms.